The van der Waals surface area contributed by atoms with Crippen LogP contribution in [0, 0.1) is 0 Å². The van der Waals surface area contributed by atoms with Gasteiger partial charge in [0.1, 0.15) is 0 Å². The number of nitrogens with zero attached hydrogens (tertiary/aromatic N) is 1. The summed E-state index contributed by atoms with van der Waals surface area (Å²) in [6.45, 7) is 4.70. The molecule has 2 N–H and O–H groups in total. The van der Waals surface area contributed by atoms with E-state index in [1.165, 1.54) is 43.2 Å². The monoisotopic (exact) mass is 290 g/mol. The molecule has 0 spiro atoms. The predicted octanol–water partition coefficient (Wildman–Crippen LogP) is 3.49. The van der Waals surface area contributed by atoms with Crippen LogP contribution in [0.2, 0.25) is 0 Å². The topological polar surface area (TPSA) is 38.5 Å². The van der Waals surface area contributed by atoms with Gasteiger partial charge in [0.2, 0.25) is 0 Å². The third-order valence-corrected chi connectivity index (χ3v) is 4.71. The Hall–Kier alpha value is -0.900. The van der Waals surface area contributed by atoms with Crippen molar-refractivity contribution in [1.82, 2.24) is 4.90 Å². The predicted molar refractivity (Wildman–Crippen MR) is 88.2 cm³/mol. The Bertz CT molecular complexity index is 398. The summed E-state index contributed by atoms with van der Waals surface area (Å²) in [6.07, 6.45) is 6.78. The van der Waals surface area contributed by atoms with Crippen molar-refractivity contribution in [3.05, 3.63) is 35.4 Å². The average Bonchev–Trinajstić information content (AvgIpc) is 2.54. The van der Waals surface area contributed by atoms with Crippen LogP contribution in [-0.2, 0) is 11.3 Å². The molecule has 0 bridgehead atoms. The third kappa shape index (κ3) is 4.29. The van der Waals surface area contributed by atoms with E-state index in [1.807, 2.05) is 0 Å². The number of hydrogen-bond donors (Lipinski definition) is 1. The lowest BCUT2D eigenvalue weighted by molar-refractivity contribution is 0.113. The van der Waals surface area contributed by atoms with Gasteiger partial charge in [-0.25, -0.2) is 0 Å². The van der Waals surface area contributed by atoms with Crippen LogP contribution in [-0.4, -0.2) is 31.1 Å². The van der Waals surface area contributed by atoms with Crippen LogP contribution in [0.1, 0.15) is 56.2 Å². The molecular formula is C18H30N2O. The average molecular weight is 290 g/mol. The van der Waals surface area contributed by atoms with E-state index in [4.69, 9.17) is 10.5 Å². The molecule has 0 aliphatic heterocycles. The van der Waals surface area contributed by atoms with E-state index in [9.17, 15) is 0 Å². The van der Waals surface area contributed by atoms with Gasteiger partial charge in [0.25, 0.3) is 0 Å². The second-order valence-electron chi connectivity index (χ2n) is 6.05. The highest BCUT2D eigenvalue weighted by Crippen LogP contribution is 2.29. The summed E-state index contributed by atoms with van der Waals surface area (Å²) in [6, 6.07) is 9.81. The second kappa shape index (κ2) is 8.52. The number of rotatable bonds is 7. The molecule has 1 aliphatic rings. The number of likely N-dealkylation sites (N-methyl/N-ethyl adjacent to an activating group) is 1. The normalized spacial score (nSPS) is 18.1. The first-order chi connectivity index (χ1) is 10.3. The van der Waals surface area contributed by atoms with E-state index in [2.05, 4.69) is 36.1 Å². The molecule has 0 radical (unpaired) electrons. The highest BCUT2D eigenvalue weighted by atomic mass is 16.5. The molecule has 1 fully saturated rings. The minimum absolute atomic E-state index is 0.342. The quantitative estimate of drug-likeness (QED) is 0.835. The van der Waals surface area contributed by atoms with E-state index in [-0.39, 0.29) is 0 Å². The maximum absolute atomic E-state index is 6.12. The molecule has 3 heteroatoms. The summed E-state index contributed by atoms with van der Waals surface area (Å²) in [5.74, 6) is 0. The van der Waals surface area contributed by atoms with Crippen LogP contribution in [0.4, 0.5) is 0 Å². The summed E-state index contributed by atoms with van der Waals surface area (Å²) >= 11 is 0. The molecule has 1 aromatic rings. The van der Waals surface area contributed by atoms with Crippen molar-refractivity contribution in [2.45, 2.75) is 57.7 Å². The number of nitrogens with two attached hydrogens (primary N) is 1. The summed E-state index contributed by atoms with van der Waals surface area (Å²) < 4.78 is 5.18. The molecule has 3 nitrogen and oxygen atoms in total. The second-order valence-corrected chi connectivity index (χ2v) is 6.05. The smallest absolute Gasteiger partial charge is 0.0713 e. The lowest BCUT2D eigenvalue weighted by atomic mass is 9.91. The van der Waals surface area contributed by atoms with Crippen LogP contribution in [0.15, 0.2) is 24.3 Å². The van der Waals surface area contributed by atoms with E-state index < -0.39 is 0 Å². The van der Waals surface area contributed by atoms with E-state index in [0.29, 0.717) is 25.2 Å². The van der Waals surface area contributed by atoms with Crippen LogP contribution in [0.25, 0.3) is 0 Å². The van der Waals surface area contributed by atoms with Crippen molar-refractivity contribution in [3.63, 3.8) is 0 Å². The molecule has 0 amide bonds. The van der Waals surface area contributed by atoms with Gasteiger partial charge in [0.05, 0.1) is 6.61 Å². The lowest BCUT2D eigenvalue weighted by Crippen LogP contribution is -2.42. The van der Waals surface area contributed by atoms with Gasteiger partial charge in [-0.15, -0.1) is 0 Å². The molecule has 0 saturated heterocycles. The van der Waals surface area contributed by atoms with Crippen molar-refractivity contribution in [2.75, 3.05) is 20.2 Å². The molecule has 1 atom stereocenters. The lowest BCUT2D eigenvalue weighted by Gasteiger charge is -2.39. The molecule has 0 heterocycles. The fourth-order valence-corrected chi connectivity index (χ4v) is 3.61. The molecule has 1 saturated carbocycles. The number of ether oxygens (including phenoxy) is 1. The summed E-state index contributed by atoms with van der Waals surface area (Å²) in [5.41, 5.74) is 8.68. The molecule has 2 rings (SSSR count). The maximum Gasteiger partial charge on any atom is 0.0713 e. The summed E-state index contributed by atoms with van der Waals surface area (Å²) in [5, 5.41) is 0. The van der Waals surface area contributed by atoms with Gasteiger partial charge in [0, 0.05) is 25.7 Å². The Morgan fingerprint density at radius 1 is 1.19 bits per heavy atom. The SMILES string of the molecule is CCN(C1CCCCC1)C(CN)c1ccc(COC)cc1. The minimum atomic E-state index is 0.342. The Kier molecular flexibility index (Phi) is 6.68. The Morgan fingerprint density at radius 3 is 2.38 bits per heavy atom. The van der Waals surface area contributed by atoms with Crippen molar-refractivity contribution in [3.8, 4) is 0 Å². The highest BCUT2D eigenvalue weighted by molar-refractivity contribution is 5.25. The summed E-state index contributed by atoms with van der Waals surface area (Å²) in [4.78, 5) is 2.62. The molecule has 1 aromatic carbocycles. The van der Waals surface area contributed by atoms with Gasteiger partial charge in [-0.3, -0.25) is 4.90 Å². The maximum atomic E-state index is 6.12. The Morgan fingerprint density at radius 2 is 1.86 bits per heavy atom. The number of methoxy groups -OCH3 is 1. The van der Waals surface area contributed by atoms with Gasteiger partial charge in [-0.05, 0) is 30.5 Å². The molecule has 1 unspecified atom stereocenters. The van der Waals surface area contributed by atoms with Crippen molar-refractivity contribution >= 4 is 0 Å². The molecule has 0 aromatic heterocycles. The van der Waals surface area contributed by atoms with Gasteiger partial charge < -0.3 is 10.5 Å². The van der Waals surface area contributed by atoms with Gasteiger partial charge in [0.15, 0.2) is 0 Å². The van der Waals surface area contributed by atoms with Crippen LogP contribution < -0.4 is 5.73 Å². The number of benzene rings is 1. The first kappa shape index (κ1) is 16.5. The van der Waals surface area contributed by atoms with Crippen molar-refractivity contribution in [2.24, 2.45) is 5.73 Å². The zero-order chi connectivity index (χ0) is 15.1. The molecule has 118 valence electrons. The first-order valence-electron chi connectivity index (χ1n) is 8.33. The van der Waals surface area contributed by atoms with E-state index in [1.54, 1.807) is 7.11 Å². The van der Waals surface area contributed by atoms with Crippen molar-refractivity contribution in [1.29, 1.82) is 0 Å². The highest BCUT2D eigenvalue weighted by Gasteiger charge is 2.26. The van der Waals surface area contributed by atoms with E-state index in [0.717, 1.165) is 6.54 Å². The van der Waals surface area contributed by atoms with Gasteiger partial charge in [-0.2, -0.15) is 0 Å². The van der Waals surface area contributed by atoms with Crippen LogP contribution in [0.3, 0.4) is 0 Å². The summed E-state index contributed by atoms with van der Waals surface area (Å²) in [7, 11) is 1.73. The fourth-order valence-electron chi connectivity index (χ4n) is 3.61. The van der Waals surface area contributed by atoms with Crippen molar-refractivity contribution < 1.29 is 4.74 Å². The fraction of sp³-hybridized carbons (Fsp3) is 0.667. The van der Waals surface area contributed by atoms with Gasteiger partial charge in [-0.1, -0.05) is 50.5 Å². The Balaban J connectivity index is 2.11. The Labute approximate surface area is 129 Å². The molecule has 21 heavy (non-hydrogen) atoms. The first-order valence-corrected chi connectivity index (χ1v) is 8.33. The van der Waals surface area contributed by atoms with E-state index >= 15 is 0 Å². The molecular weight excluding hydrogens is 260 g/mol. The minimum Gasteiger partial charge on any atom is -0.380 e. The number of hydrogen-bond acceptors (Lipinski definition) is 3. The van der Waals surface area contributed by atoms with Crippen LogP contribution in [0.5, 0.6) is 0 Å². The zero-order valence-electron chi connectivity index (χ0n) is 13.6. The standard InChI is InChI=1S/C18H30N2O/c1-3-20(17-7-5-4-6-8-17)18(13-19)16-11-9-15(10-12-16)14-21-2/h9-12,17-18H,3-8,13-14,19H2,1-2H3. The van der Waals surface area contributed by atoms with Gasteiger partial charge >= 0.3 is 0 Å². The third-order valence-electron chi connectivity index (χ3n) is 4.71. The molecule has 1 aliphatic carbocycles. The largest absolute Gasteiger partial charge is 0.380 e. The zero-order valence-corrected chi connectivity index (χ0v) is 13.6. The van der Waals surface area contributed by atoms with Crippen LogP contribution >= 0.6 is 0 Å².